The van der Waals surface area contributed by atoms with Crippen molar-refractivity contribution in [3.63, 3.8) is 0 Å². The van der Waals surface area contributed by atoms with Crippen molar-refractivity contribution in [3.8, 4) is 5.75 Å². The Bertz CT molecular complexity index is 500. The summed E-state index contributed by atoms with van der Waals surface area (Å²) in [5.74, 6) is 0.839. The van der Waals surface area contributed by atoms with Gasteiger partial charge in [-0.05, 0) is 48.4 Å². The first-order valence-corrected chi connectivity index (χ1v) is 6.44. The van der Waals surface area contributed by atoms with Crippen molar-refractivity contribution in [2.75, 3.05) is 0 Å². The molecule has 2 rings (SSSR count). The first kappa shape index (κ1) is 13.0. The molecule has 0 radical (unpaired) electrons. The minimum atomic E-state index is -0.182. The van der Waals surface area contributed by atoms with Gasteiger partial charge < -0.3 is 10.2 Å². The largest absolute Gasteiger partial charge is 0.512 e. The maximum Gasteiger partial charge on any atom is 0.118 e. The Morgan fingerprint density at radius 2 is 1.78 bits per heavy atom. The molecule has 1 aromatic carbocycles. The molecule has 0 spiro atoms. The predicted octanol–water partition coefficient (Wildman–Crippen LogP) is 4.22. The fourth-order valence-corrected chi connectivity index (χ4v) is 2.99. The predicted molar refractivity (Wildman–Crippen MR) is 73.9 cm³/mol. The number of aliphatic hydroxyl groups is 1. The Balaban J connectivity index is 2.41. The van der Waals surface area contributed by atoms with E-state index in [0.29, 0.717) is 11.5 Å². The monoisotopic (exact) mass is 246 g/mol. The van der Waals surface area contributed by atoms with Crippen LogP contribution in [0.25, 0.3) is 0 Å². The van der Waals surface area contributed by atoms with Crippen LogP contribution >= 0.6 is 0 Å². The first-order chi connectivity index (χ1) is 8.24. The highest BCUT2D eigenvalue weighted by molar-refractivity contribution is 5.39. The van der Waals surface area contributed by atoms with E-state index in [9.17, 15) is 10.2 Å². The number of benzene rings is 1. The van der Waals surface area contributed by atoms with Crippen LogP contribution in [-0.4, -0.2) is 10.2 Å². The zero-order chi connectivity index (χ0) is 13.6. The van der Waals surface area contributed by atoms with Gasteiger partial charge in [0.25, 0.3) is 0 Å². The maximum atomic E-state index is 9.94. The van der Waals surface area contributed by atoms with Crippen molar-refractivity contribution in [2.45, 2.75) is 46.0 Å². The molecule has 18 heavy (non-hydrogen) atoms. The molecule has 0 amide bonds. The normalized spacial score (nSPS) is 26.8. The summed E-state index contributed by atoms with van der Waals surface area (Å²) < 4.78 is 0. The van der Waals surface area contributed by atoms with Crippen molar-refractivity contribution in [2.24, 2.45) is 5.41 Å². The Morgan fingerprint density at radius 1 is 1.11 bits per heavy atom. The third kappa shape index (κ3) is 2.12. The van der Waals surface area contributed by atoms with Crippen molar-refractivity contribution in [1.82, 2.24) is 0 Å². The molecule has 0 bridgehead atoms. The summed E-state index contributed by atoms with van der Waals surface area (Å²) >= 11 is 0. The summed E-state index contributed by atoms with van der Waals surface area (Å²) in [5, 5.41) is 19.6. The Hall–Kier alpha value is -1.44. The number of phenolic OH excluding ortho intramolecular Hbond substituents is 1. The van der Waals surface area contributed by atoms with Crippen LogP contribution in [0.4, 0.5) is 0 Å². The molecule has 1 unspecified atom stereocenters. The molecule has 98 valence electrons. The molecule has 0 fully saturated rings. The summed E-state index contributed by atoms with van der Waals surface area (Å²) in [6.45, 7) is 8.29. The van der Waals surface area contributed by atoms with Gasteiger partial charge in [0.15, 0.2) is 0 Å². The van der Waals surface area contributed by atoms with Gasteiger partial charge in [-0.3, -0.25) is 0 Å². The Kier molecular flexibility index (Phi) is 2.92. The van der Waals surface area contributed by atoms with Crippen molar-refractivity contribution in [1.29, 1.82) is 0 Å². The van der Waals surface area contributed by atoms with Crippen LogP contribution < -0.4 is 0 Å². The Labute approximate surface area is 109 Å². The summed E-state index contributed by atoms with van der Waals surface area (Å²) in [4.78, 5) is 0. The van der Waals surface area contributed by atoms with E-state index in [1.54, 1.807) is 6.07 Å². The van der Waals surface area contributed by atoms with Crippen LogP contribution in [-0.2, 0) is 5.41 Å². The van der Waals surface area contributed by atoms with Gasteiger partial charge in [-0.2, -0.15) is 0 Å². The molecule has 0 saturated heterocycles. The number of hydrogen-bond donors (Lipinski definition) is 2. The zero-order valence-electron chi connectivity index (χ0n) is 11.6. The average Bonchev–Trinajstić information content (AvgIpc) is 2.27. The standard InChI is InChI=1S/C16H22O2/c1-11-9-12(5-6-13(11)17)16(4)8-7-14(18)15(2,3)10-16/h5-7,9,17-18H,8,10H2,1-4H3. The number of rotatable bonds is 1. The van der Waals surface area contributed by atoms with Crippen LogP contribution in [0.2, 0.25) is 0 Å². The quantitative estimate of drug-likeness (QED) is 0.779. The minimum Gasteiger partial charge on any atom is -0.512 e. The second-order valence-corrected chi connectivity index (χ2v) is 6.42. The lowest BCUT2D eigenvalue weighted by Crippen LogP contribution is -2.34. The second-order valence-electron chi connectivity index (χ2n) is 6.42. The molecule has 1 aliphatic rings. The van der Waals surface area contributed by atoms with Gasteiger partial charge >= 0.3 is 0 Å². The van der Waals surface area contributed by atoms with E-state index < -0.39 is 0 Å². The van der Waals surface area contributed by atoms with Crippen molar-refractivity contribution >= 4 is 0 Å². The Morgan fingerprint density at radius 3 is 2.33 bits per heavy atom. The van der Waals surface area contributed by atoms with Crippen LogP contribution in [0.5, 0.6) is 5.75 Å². The molecule has 1 atom stereocenters. The van der Waals surface area contributed by atoms with Gasteiger partial charge in [0.05, 0.1) is 5.76 Å². The number of aryl methyl sites for hydroxylation is 1. The van der Waals surface area contributed by atoms with Crippen LogP contribution in [0.15, 0.2) is 30.0 Å². The highest BCUT2D eigenvalue weighted by atomic mass is 16.3. The number of allylic oxidation sites excluding steroid dienone is 2. The van der Waals surface area contributed by atoms with Crippen LogP contribution in [0.1, 0.15) is 44.7 Å². The van der Waals surface area contributed by atoms with Gasteiger partial charge in [-0.1, -0.05) is 32.9 Å². The number of phenols is 1. The molecular weight excluding hydrogens is 224 g/mol. The van der Waals surface area contributed by atoms with Gasteiger partial charge in [-0.25, -0.2) is 0 Å². The van der Waals surface area contributed by atoms with E-state index in [2.05, 4.69) is 26.8 Å². The van der Waals surface area contributed by atoms with E-state index in [1.165, 1.54) is 5.56 Å². The fraction of sp³-hybridized carbons (Fsp3) is 0.500. The van der Waals surface area contributed by atoms with Crippen molar-refractivity contribution < 1.29 is 10.2 Å². The second kappa shape index (κ2) is 4.04. The van der Waals surface area contributed by atoms with E-state index >= 15 is 0 Å². The molecule has 0 aromatic heterocycles. The van der Waals surface area contributed by atoms with Gasteiger partial charge in [0.2, 0.25) is 0 Å². The summed E-state index contributed by atoms with van der Waals surface area (Å²) in [6, 6.07) is 5.82. The molecule has 0 aliphatic heterocycles. The van der Waals surface area contributed by atoms with Gasteiger partial charge in [0.1, 0.15) is 5.75 Å². The highest BCUT2D eigenvalue weighted by Gasteiger charge is 2.39. The highest BCUT2D eigenvalue weighted by Crippen LogP contribution is 2.47. The van der Waals surface area contributed by atoms with Crippen LogP contribution in [0, 0.1) is 12.3 Å². The summed E-state index contributed by atoms with van der Waals surface area (Å²) in [6.07, 6.45) is 3.69. The maximum absolute atomic E-state index is 9.94. The zero-order valence-corrected chi connectivity index (χ0v) is 11.6. The summed E-state index contributed by atoms with van der Waals surface area (Å²) in [5.41, 5.74) is 1.98. The SMILES string of the molecule is Cc1cc(C2(C)CC=C(O)C(C)(C)C2)ccc1O. The average molecular weight is 246 g/mol. The lowest BCUT2D eigenvalue weighted by Gasteiger charge is -2.41. The molecule has 2 heteroatoms. The fourth-order valence-electron chi connectivity index (χ4n) is 2.99. The molecule has 2 N–H and O–H groups in total. The molecule has 1 aromatic rings. The molecule has 0 heterocycles. The molecule has 2 nitrogen and oxygen atoms in total. The lowest BCUT2D eigenvalue weighted by molar-refractivity contribution is 0.177. The lowest BCUT2D eigenvalue weighted by atomic mass is 9.64. The van der Waals surface area contributed by atoms with E-state index in [1.807, 2.05) is 19.1 Å². The summed E-state index contributed by atoms with van der Waals surface area (Å²) in [7, 11) is 0. The van der Waals surface area contributed by atoms with E-state index in [0.717, 1.165) is 18.4 Å². The first-order valence-electron chi connectivity index (χ1n) is 6.44. The van der Waals surface area contributed by atoms with E-state index in [-0.39, 0.29) is 10.8 Å². The third-order valence-electron chi connectivity index (χ3n) is 4.17. The number of aromatic hydroxyl groups is 1. The smallest absolute Gasteiger partial charge is 0.118 e. The molecular formula is C16H22O2. The van der Waals surface area contributed by atoms with Crippen LogP contribution in [0.3, 0.4) is 0 Å². The number of aliphatic hydroxyl groups excluding tert-OH is 1. The minimum absolute atomic E-state index is 0.0220. The topological polar surface area (TPSA) is 40.5 Å². The van der Waals surface area contributed by atoms with Gasteiger partial charge in [-0.15, -0.1) is 0 Å². The molecule has 1 aliphatic carbocycles. The van der Waals surface area contributed by atoms with E-state index in [4.69, 9.17) is 0 Å². The molecule has 0 saturated carbocycles. The van der Waals surface area contributed by atoms with Crippen molar-refractivity contribution in [3.05, 3.63) is 41.2 Å². The third-order valence-corrected chi connectivity index (χ3v) is 4.17. The van der Waals surface area contributed by atoms with Gasteiger partial charge in [0, 0.05) is 5.41 Å². The number of hydrogen-bond acceptors (Lipinski definition) is 2.